The Morgan fingerprint density at radius 2 is 1.85 bits per heavy atom. The van der Waals surface area contributed by atoms with Crippen LogP contribution in [-0.4, -0.2) is 31.6 Å². The molecule has 0 radical (unpaired) electrons. The summed E-state index contributed by atoms with van der Waals surface area (Å²) in [6.45, 7) is 1.15. The molecule has 0 bridgehead atoms. The first kappa shape index (κ1) is 14.1. The van der Waals surface area contributed by atoms with Crippen molar-refractivity contribution >= 4 is 27.7 Å². The van der Waals surface area contributed by atoms with Gasteiger partial charge in [-0.15, -0.1) is 0 Å². The number of hydrogen-bond acceptors (Lipinski definition) is 5. The van der Waals surface area contributed by atoms with E-state index in [4.69, 9.17) is 10.5 Å². The van der Waals surface area contributed by atoms with E-state index in [2.05, 4.69) is 0 Å². The number of nitrogens with two attached hydrogens (primary N) is 1. The second-order valence-electron chi connectivity index (χ2n) is 4.10. The molecule has 0 spiro atoms. The lowest BCUT2D eigenvalue weighted by Crippen LogP contribution is -2.38. The summed E-state index contributed by atoms with van der Waals surface area (Å²) in [7, 11) is -2.72. The standard InChI is InChI=1S/C12H12N2O5S/c1-7(15)19-11-8-5-3-4-6-9(8)20(17,18)14(2)10(11)12(13)16/h3-6H,1-2H3,(H2,13,16). The third-order valence-corrected chi connectivity index (χ3v) is 4.59. The Morgan fingerprint density at radius 1 is 1.25 bits per heavy atom. The second kappa shape index (κ2) is 4.64. The van der Waals surface area contributed by atoms with Crippen molar-refractivity contribution < 1.29 is 22.7 Å². The van der Waals surface area contributed by atoms with E-state index >= 15 is 0 Å². The number of rotatable bonds is 2. The predicted molar refractivity (Wildman–Crippen MR) is 69.3 cm³/mol. The normalized spacial score (nSPS) is 16.6. The van der Waals surface area contributed by atoms with Crippen LogP contribution in [0.1, 0.15) is 12.5 Å². The number of sulfonamides is 1. The summed E-state index contributed by atoms with van der Waals surface area (Å²) in [4.78, 5) is 22.7. The lowest BCUT2D eigenvalue weighted by molar-refractivity contribution is -0.134. The Labute approximate surface area is 115 Å². The summed E-state index contributed by atoms with van der Waals surface area (Å²) in [5.74, 6) is -1.83. The van der Waals surface area contributed by atoms with Gasteiger partial charge in [0.25, 0.3) is 15.9 Å². The number of nitrogens with zero attached hydrogens (tertiary/aromatic N) is 1. The molecule has 1 heterocycles. The molecular weight excluding hydrogens is 284 g/mol. The molecule has 0 fully saturated rings. The molecule has 0 aromatic heterocycles. The van der Waals surface area contributed by atoms with Gasteiger partial charge in [0.1, 0.15) is 0 Å². The minimum Gasteiger partial charge on any atom is -0.424 e. The zero-order valence-electron chi connectivity index (χ0n) is 10.8. The first-order valence-corrected chi connectivity index (χ1v) is 7.01. The van der Waals surface area contributed by atoms with Gasteiger partial charge in [0.2, 0.25) is 0 Å². The van der Waals surface area contributed by atoms with Crippen LogP contribution < -0.4 is 5.73 Å². The number of fused-ring (bicyclic) bond motifs is 1. The highest BCUT2D eigenvalue weighted by Crippen LogP contribution is 2.36. The van der Waals surface area contributed by atoms with Crippen molar-refractivity contribution in [1.82, 2.24) is 4.31 Å². The Bertz CT molecular complexity index is 736. The van der Waals surface area contributed by atoms with Crippen LogP contribution in [0.15, 0.2) is 34.9 Å². The first-order valence-electron chi connectivity index (χ1n) is 5.57. The van der Waals surface area contributed by atoms with Crippen LogP contribution in [0, 0.1) is 0 Å². The maximum absolute atomic E-state index is 12.3. The van der Waals surface area contributed by atoms with Crippen molar-refractivity contribution in [3.8, 4) is 0 Å². The number of likely N-dealkylation sites (N-methyl/N-ethyl adjacent to an activating group) is 1. The van der Waals surface area contributed by atoms with E-state index in [0.29, 0.717) is 0 Å². The Balaban J connectivity index is 2.85. The summed E-state index contributed by atoms with van der Waals surface area (Å²) in [6, 6.07) is 5.91. The van der Waals surface area contributed by atoms with Crippen molar-refractivity contribution in [3.63, 3.8) is 0 Å². The summed E-state index contributed by atoms with van der Waals surface area (Å²) in [6.07, 6.45) is 0. The van der Waals surface area contributed by atoms with Gasteiger partial charge < -0.3 is 10.5 Å². The molecule has 1 amide bonds. The predicted octanol–water partition coefficient (Wildman–Crippen LogP) is 0.0377. The van der Waals surface area contributed by atoms with Crippen LogP contribution in [0.5, 0.6) is 0 Å². The fraction of sp³-hybridized carbons (Fsp3) is 0.167. The van der Waals surface area contributed by atoms with Crippen molar-refractivity contribution in [2.75, 3.05) is 7.05 Å². The summed E-state index contributed by atoms with van der Waals surface area (Å²) >= 11 is 0. The Kier molecular flexibility index (Phi) is 3.26. The Hall–Kier alpha value is -2.35. The molecule has 0 atom stereocenters. The van der Waals surface area contributed by atoms with Gasteiger partial charge in [-0.25, -0.2) is 8.42 Å². The van der Waals surface area contributed by atoms with E-state index in [0.717, 1.165) is 11.2 Å². The monoisotopic (exact) mass is 296 g/mol. The molecule has 0 saturated carbocycles. The number of hydrogen-bond donors (Lipinski definition) is 1. The van der Waals surface area contributed by atoms with Crippen molar-refractivity contribution in [2.24, 2.45) is 5.73 Å². The van der Waals surface area contributed by atoms with E-state index in [1.54, 1.807) is 6.07 Å². The second-order valence-corrected chi connectivity index (χ2v) is 6.04. The maximum Gasteiger partial charge on any atom is 0.308 e. The highest BCUT2D eigenvalue weighted by molar-refractivity contribution is 7.89. The van der Waals surface area contributed by atoms with Gasteiger partial charge in [-0.2, -0.15) is 0 Å². The number of ether oxygens (including phenoxy) is 1. The lowest BCUT2D eigenvalue weighted by atomic mass is 10.1. The average Bonchev–Trinajstić information content (AvgIpc) is 2.35. The van der Waals surface area contributed by atoms with Gasteiger partial charge in [0.05, 0.1) is 4.90 Å². The SMILES string of the molecule is CC(=O)OC1=C(C(N)=O)N(C)S(=O)(=O)c2ccccc21. The Morgan fingerprint density at radius 3 is 2.40 bits per heavy atom. The van der Waals surface area contributed by atoms with Crippen LogP contribution >= 0.6 is 0 Å². The summed E-state index contributed by atoms with van der Waals surface area (Å²) in [5.41, 5.74) is 4.97. The van der Waals surface area contributed by atoms with Gasteiger partial charge in [-0.3, -0.25) is 13.9 Å². The molecule has 20 heavy (non-hydrogen) atoms. The van der Waals surface area contributed by atoms with Crippen LogP contribution in [0.25, 0.3) is 5.76 Å². The molecule has 1 aliphatic heterocycles. The molecule has 1 aliphatic rings. The van der Waals surface area contributed by atoms with E-state index in [1.165, 1.54) is 25.2 Å². The van der Waals surface area contributed by atoms with E-state index in [-0.39, 0.29) is 21.9 Å². The molecule has 2 N–H and O–H groups in total. The minimum absolute atomic E-state index is 0.0521. The van der Waals surface area contributed by atoms with Crippen LogP contribution in [0.4, 0.5) is 0 Å². The van der Waals surface area contributed by atoms with Gasteiger partial charge in [0, 0.05) is 19.5 Å². The van der Waals surface area contributed by atoms with Gasteiger partial charge in [-0.1, -0.05) is 12.1 Å². The third-order valence-electron chi connectivity index (χ3n) is 2.78. The van der Waals surface area contributed by atoms with Gasteiger partial charge >= 0.3 is 5.97 Å². The topological polar surface area (TPSA) is 107 Å². The van der Waals surface area contributed by atoms with Crippen LogP contribution in [0.2, 0.25) is 0 Å². The highest BCUT2D eigenvalue weighted by atomic mass is 32.2. The van der Waals surface area contributed by atoms with E-state index < -0.39 is 21.9 Å². The van der Waals surface area contributed by atoms with Crippen molar-refractivity contribution in [3.05, 3.63) is 35.5 Å². The smallest absolute Gasteiger partial charge is 0.308 e. The van der Waals surface area contributed by atoms with E-state index in [9.17, 15) is 18.0 Å². The fourth-order valence-corrected chi connectivity index (χ4v) is 3.33. The van der Waals surface area contributed by atoms with Gasteiger partial charge in [-0.05, 0) is 12.1 Å². The number of amides is 1. The number of esters is 1. The number of primary amides is 1. The average molecular weight is 296 g/mol. The zero-order valence-corrected chi connectivity index (χ0v) is 11.6. The first-order chi connectivity index (χ1) is 9.26. The lowest BCUT2D eigenvalue weighted by Gasteiger charge is -2.28. The molecule has 1 aromatic rings. The summed E-state index contributed by atoms with van der Waals surface area (Å²) in [5, 5.41) is 0. The number of carbonyl (C=O) groups is 2. The van der Waals surface area contributed by atoms with Crippen molar-refractivity contribution in [2.45, 2.75) is 11.8 Å². The quantitative estimate of drug-likeness (QED) is 0.775. The highest BCUT2D eigenvalue weighted by Gasteiger charge is 2.38. The van der Waals surface area contributed by atoms with E-state index in [1.807, 2.05) is 0 Å². The largest absolute Gasteiger partial charge is 0.424 e. The fourth-order valence-electron chi connectivity index (χ4n) is 1.93. The molecule has 8 heteroatoms. The minimum atomic E-state index is -3.90. The number of carbonyl (C=O) groups excluding carboxylic acids is 2. The third kappa shape index (κ3) is 2.03. The molecule has 0 unspecified atom stereocenters. The zero-order chi connectivity index (χ0) is 15.1. The summed E-state index contributed by atoms with van der Waals surface area (Å²) < 4.78 is 30.3. The number of benzene rings is 1. The molecule has 1 aromatic carbocycles. The molecule has 106 valence electrons. The molecule has 0 saturated heterocycles. The maximum atomic E-state index is 12.3. The molecule has 7 nitrogen and oxygen atoms in total. The molecular formula is C12H12N2O5S. The van der Waals surface area contributed by atoms with Crippen LogP contribution in [0.3, 0.4) is 0 Å². The molecule has 2 rings (SSSR count). The van der Waals surface area contributed by atoms with Crippen molar-refractivity contribution in [1.29, 1.82) is 0 Å². The molecule has 0 aliphatic carbocycles. The van der Waals surface area contributed by atoms with Crippen LogP contribution in [-0.2, 0) is 24.3 Å². The van der Waals surface area contributed by atoms with Gasteiger partial charge in [0.15, 0.2) is 11.5 Å².